The lowest BCUT2D eigenvalue weighted by molar-refractivity contribution is 0.102. The lowest BCUT2D eigenvalue weighted by atomic mass is 10.1. The fourth-order valence-electron chi connectivity index (χ4n) is 3.50. The normalized spacial score (nSPS) is 11.0. The highest BCUT2D eigenvalue weighted by Gasteiger charge is 2.21. The Morgan fingerprint density at radius 1 is 1.15 bits per heavy atom. The van der Waals surface area contributed by atoms with Crippen LogP contribution in [0.5, 0.6) is 5.75 Å². The van der Waals surface area contributed by atoms with Crippen molar-refractivity contribution in [1.82, 2.24) is 4.57 Å². The molecule has 0 saturated heterocycles. The van der Waals surface area contributed by atoms with Crippen LogP contribution in [0.15, 0.2) is 42.5 Å². The van der Waals surface area contributed by atoms with Crippen LogP contribution in [0.2, 0.25) is 0 Å². The zero-order chi connectivity index (χ0) is 19.4. The van der Waals surface area contributed by atoms with Crippen molar-refractivity contribution in [2.24, 2.45) is 0 Å². The number of amides is 1. The molecular weight excluding hydrogens is 340 g/mol. The van der Waals surface area contributed by atoms with Crippen LogP contribution in [0.3, 0.4) is 0 Å². The van der Waals surface area contributed by atoms with Gasteiger partial charge >= 0.3 is 0 Å². The summed E-state index contributed by atoms with van der Waals surface area (Å²) in [6.45, 7) is 5.44. The minimum Gasteiger partial charge on any atom is -0.497 e. The summed E-state index contributed by atoms with van der Waals surface area (Å²) in [5.74, 6) is 0.620. The second-order valence-electron chi connectivity index (χ2n) is 6.54. The highest BCUT2D eigenvalue weighted by Crippen LogP contribution is 2.30. The van der Waals surface area contributed by atoms with Crippen LogP contribution in [0.1, 0.15) is 35.0 Å². The first-order valence-electron chi connectivity index (χ1n) is 9.15. The number of methoxy groups -OCH3 is 2. The Kier molecular flexibility index (Phi) is 5.81. The Morgan fingerprint density at radius 2 is 1.93 bits per heavy atom. The van der Waals surface area contributed by atoms with Crippen molar-refractivity contribution in [2.75, 3.05) is 19.5 Å². The highest BCUT2D eigenvalue weighted by molar-refractivity contribution is 6.14. The predicted octanol–water partition coefficient (Wildman–Crippen LogP) is 4.77. The number of fused-ring (bicyclic) bond motifs is 1. The molecule has 27 heavy (non-hydrogen) atoms. The van der Waals surface area contributed by atoms with E-state index >= 15 is 0 Å². The van der Waals surface area contributed by atoms with E-state index in [1.165, 1.54) is 0 Å². The number of hydrogen-bond donors (Lipinski definition) is 1. The van der Waals surface area contributed by atoms with Gasteiger partial charge in [-0.25, -0.2) is 0 Å². The number of aromatic nitrogens is 1. The fraction of sp³-hybridized carbons (Fsp3) is 0.318. The summed E-state index contributed by atoms with van der Waals surface area (Å²) < 4.78 is 12.8. The molecule has 0 aliphatic rings. The molecule has 5 heteroatoms. The van der Waals surface area contributed by atoms with Crippen molar-refractivity contribution in [3.63, 3.8) is 0 Å². The molecule has 0 radical (unpaired) electrons. The van der Waals surface area contributed by atoms with E-state index < -0.39 is 0 Å². The first kappa shape index (κ1) is 19.0. The van der Waals surface area contributed by atoms with Gasteiger partial charge in [0.25, 0.3) is 5.91 Å². The fourth-order valence-corrected chi connectivity index (χ4v) is 3.50. The summed E-state index contributed by atoms with van der Waals surface area (Å²) in [7, 11) is 3.28. The third-order valence-electron chi connectivity index (χ3n) is 4.77. The SMILES string of the molecule is CCCn1c(C)c(C(=O)Nc2ccccc2COC)c2cc(OC)ccc21. The maximum Gasteiger partial charge on any atom is 0.258 e. The molecular formula is C22H26N2O3. The molecule has 0 saturated carbocycles. The van der Waals surface area contributed by atoms with Gasteiger partial charge in [0.2, 0.25) is 0 Å². The topological polar surface area (TPSA) is 52.5 Å². The van der Waals surface area contributed by atoms with E-state index in [1.807, 2.05) is 49.4 Å². The number of para-hydroxylation sites is 1. The van der Waals surface area contributed by atoms with E-state index in [4.69, 9.17) is 9.47 Å². The molecule has 5 nitrogen and oxygen atoms in total. The van der Waals surface area contributed by atoms with Crippen LogP contribution in [0.25, 0.3) is 10.9 Å². The Labute approximate surface area is 159 Å². The average Bonchev–Trinajstić information content (AvgIpc) is 2.95. The van der Waals surface area contributed by atoms with E-state index in [2.05, 4.69) is 16.8 Å². The van der Waals surface area contributed by atoms with Crippen molar-refractivity contribution in [3.05, 3.63) is 59.3 Å². The molecule has 0 spiro atoms. The Balaban J connectivity index is 2.07. The van der Waals surface area contributed by atoms with Crippen molar-refractivity contribution >= 4 is 22.5 Å². The zero-order valence-electron chi connectivity index (χ0n) is 16.3. The molecule has 0 unspecified atom stereocenters. The Morgan fingerprint density at radius 3 is 2.63 bits per heavy atom. The monoisotopic (exact) mass is 366 g/mol. The number of nitrogens with one attached hydrogen (secondary N) is 1. The van der Waals surface area contributed by atoms with Gasteiger partial charge in [0, 0.05) is 41.5 Å². The van der Waals surface area contributed by atoms with Crippen LogP contribution in [-0.4, -0.2) is 24.7 Å². The van der Waals surface area contributed by atoms with E-state index in [9.17, 15) is 4.79 Å². The van der Waals surface area contributed by atoms with Crippen LogP contribution in [-0.2, 0) is 17.9 Å². The van der Waals surface area contributed by atoms with Gasteiger partial charge in [0.05, 0.1) is 19.3 Å². The molecule has 2 aromatic carbocycles. The first-order chi connectivity index (χ1) is 13.1. The molecule has 1 aromatic heterocycles. The van der Waals surface area contributed by atoms with E-state index in [0.717, 1.165) is 46.6 Å². The Hall–Kier alpha value is -2.79. The molecule has 0 aliphatic heterocycles. The van der Waals surface area contributed by atoms with Gasteiger partial charge in [-0.3, -0.25) is 4.79 Å². The van der Waals surface area contributed by atoms with Gasteiger partial charge in [0.1, 0.15) is 5.75 Å². The van der Waals surface area contributed by atoms with Crippen molar-refractivity contribution in [2.45, 2.75) is 33.4 Å². The maximum absolute atomic E-state index is 13.2. The Bertz CT molecular complexity index is 960. The minimum atomic E-state index is -0.121. The average molecular weight is 366 g/mol. The standard InChI is InChI=1S/C22H26N2O3/c1-5-12-24-15(2)21(18-13-17(27-4)10-11-20(18)24)22(25)23-19-9-7-6-8-16(19)14-26-3/h6-11,13H,5,12,14H2,1-4H3,(H,23,25). The largest absolute Gasteiger partial charge is 0.497 e. The summed E-state index contributed by atoms with van der Waals surface area (Å²) in [6, 6.07) is 13.6. The molecule has 0 fully saturated rings. The van der Waals surface area contributed by atoms with Gasteiger partial charge in [-0.2, -0.15) is 0 Å². The van der Waals surface area contributed by atoms with Crippen molar-refractivity contribution in [3.8, 4) is 5.75 Å². The number of hydrogen-bond acceptors (Lipinski definition) is 3. The molecule has 0 aliphatic carbocycles. The number of rotatable bonds is 7. The first-order valence-corrected chi connectivity index (χ1v) is 9.15. The van der Waals surface area contributed by atoms with Gasteiger partial charge in [-0.05, 0) is 37.6 Å². The summed E-state index contributed by atoms with van der Waals surface area (Å²) >= 11 is 0. The lowest BCUT2D eigenvalue weighted by Gasteiger charge is -2.11. The number of anilines is 1. The maximum atomic E-state index is 13.2. The molecule has 1 amide bonds. The third kappa shape index (κ3) is 3.69. The minimum absolute atomic E-state index is 0.121. The second kappa shape index (κ2) is 8.27. The quantitative estimate of drug-likeness (QED) is 0.655. The van der Waals surface area contributed by atoms with Crippen molar-refractivity contribution < 1.29 is 14.3 Å². The highest BCUT2D eigenvalue weighted by atomic mass is 16.5. The second-order valence-corrected chi connectivity index (χ2v) is 6.54. The number of aryl methyl sites for hydroxylation is 1. The molecule has 0 atom stereocenters. The third-order valence-corrected chi connectivity index (χ3v) is 4.77. The molecule has 0 bridgehead atoms. The van der Waals surface area contributed by atoms with Crippen LogP contribution in [0.4, 0.5) is 5.69 Å². The number of carbonyl (C=O) groups excluding carboxylic acids is 1. The predicted molar refractivity (Wildman–Crippen MR) is 109 cm³/mol. The molecule has 3 rings (SSSR count). The van der Waals surface area contributed by atoms with Gasteiger partial charge in [-0.15, -0.1) is 0 Å². The van der Waals surface area contributed by atoms with Crippen LogP contribution in [0, 0.1) is 6.92 Å². The molecule has 3 aromatic rings. The summed E-state index contributed by atoms with van der Waals surface area (Å²) in [5.41, 5.74) is 4.40. The number of nitrogens with zero attached hydrogens (tertiary/aromatic N) is 1. The summed E-state index contributed by atoms with van der Waals surface area (Å²) in [6.07, 6.45) is 0.994. The molecule has 142 valence electrons. The zero-order valence-corrected chi connectivity index (χ0v) is 16.3. The summed E-state index contributed by atoms with van der Waals surface area (Å²) in [5, 5.41) is 3.97. The number of benzene rings is 2. The lowest BCUT2D eigenvalue weighted by Crippen LogP contribution is -2.15. The van der Waals surface area contributed by atoms with E-state index in [0.29, 0.717) is 12.2 Å². The smallest absolute Gasteiger partial charge is 0.258 e. The summed E-state index contributed by atoms with van der Waals surface area (Å²) in [4.78, 5) is 13.2. The molecule has 1 N–H and O–H groups in total. The van der Waals surface area contributed by atoms with Crippen LogP contribution >= 0.6 is 0 Å². The van der Waals surface area contributed by atoms with Crippen LogP contribution < -0.4 is 10.1 Å². The van der Waals surface area contributed by atoms with E-state index in [-0.39, 0.29) is 5.91 Å². The van der Waals surface area contributed by atoms with Gasteiger partial charge in [-0.1, -0.05) is 25.1 Å². The van der Waals surface area contributed by atoms with Crippen molar-refractivity contribution in [1.29, 1.82) is 0 Å². The number of carbonyl (C=O) groups is 1. The van der Waals surface area contributed by atoms with Gasteiger partial charge < -0.3 is 19.4 Å². The number of ether oxygens (including phenoxy) is 2. The van der Waals surface area contributed by atoms with Gasteiger partial charge in [0.15, 0.2) is 0 Å². The van der Waals surface area contributed by atoms with E-state index in [1.54, 1.807) is 14.2 Å². The molecule has 1 heterocycles.